The van der Waals surface area contributed by atoms with Gasteiger partial charge in [0.05, 0.1) is 11.3 Å². The van der Waals surface area contributed by atoms with E-state index in [1.807, 2.05) is 5.32 Å². The van der Waals surface area contributed by atoms with Gasteiger partial charge in [-0.05, 0) is 42.8 Å². The average Bonchev–Trinajstić information content (AvgIpc) is 2.76. The molecule has 0 unspecified atom stereocenters. The molecule has 176 valence electrons. The van der Waals surface area contributed by atoms with Crippen molar-refractivity contribution in [2.75, 3.05) is 16.0 Å². The monoisotopic (exact) mass is 478 g/mol. The second kappa shape index (κ2) is 8.96. The predicted molar refractivity (Wildman–Crippen MR) is 112 cm³/mol. The first-order valence-corrected chi connectivity index (χ1v) is 9.80. The van der Waals surface area contributed by atoms with Crippen LogP contribution in [0.2, 0.25) is 0 Å². The molecule has 3 amide bonds. The molecule has 0 aliphatic carbocycles. The third kappa shape index (κ3) is 5.05. The van der Waals surface area contributed by atoms with E-state index in [0.29, 0.717) is 36.0 Å². The van der Waals surface area contributed by atoms with Crippen LogP contribution in [0.5, 0.6) is 11.5 Å². The SMILES string of the molecule is O=C1CCc2c(Oc3cc(NC(=O)Nc4cc(C(F)(F)F)ccc4F)ccc3F)ccnc2N1. The summed E-state index contributed by atoms with van der Waals surface area (Å²) in [7, 11) is 0. The molecule has 0 atom stereocenters. The van der Waals surface area contributed by atoms with Crippen molar-refractivity contribution >= 4 is 29.1 Å². The number of fused-ring (bicyclic) bond motifs is 1. The number of nitrogens with one attached hydrogen (secondary N) is 3. The number of rotatable bonds is 4. The Morgan fingerprint density at radius 2 is 1.74 bits per heavy atom. The fourth-order valence-corrected chi connectivity index (χ4v) is 3.21. The molecule has 0 saturated heterocycles. The Balaban J connectivity index is 1.51. The number of amides is 3. The minimum absolute atomic E-state index is 0.0255. The fourth-order valence-electron chi connectivity index (χ4n) is 3.21. The summed E-state index contributed by atoms with van der Waals surface area (Å²) in [5.74, 6) is -1.77. The molecular formula is C22H15F5N4O3. The van der Waals surface area contributed by atoms with Gasteiger partial charge in [0.15, 0.2) is 11.6 Å². The predicted octanol–water partition coefficient (Wildman–Crippen LogP) is 5.70. The molecule has 1 aliphatic rings. The van der Waals surface area contributed by atoms with Crippen molar-refractivity contribution < 1.29 is 36.3 Å². The minimum atomic E-state index is -4.72. The van der Waals surface area contributed by atoms with Gasteiger partial charge >= 0.3 is 12.2 Å². The number of hydrogen-bond acceptors (Lipinski definition) is 4. The van der Waals surface area contributed by atoms with Crippen LogP contribution in [0.15, 0.2) is 48.7 Å². The van der Waals surface area contributed by atoms with Crippen LogP contribution in [0.3, 0.4) is 0 Å². The maximum absolute atomic E-state index is 14.3. The van der Waals surface area contributed by atoms with E-state index in [2.05, 4.69) is 15.6 Å². The molecule has 4 rings (SSSR count). The highest BCUT2D eigenvalue weighted by Crippen LogP contribution is 2.35. The topological polar surface area (TPSA) is 92.3 Å². The van der Waals surface area contributed by atoms with Crippen LogP contribution in [0.4, 0.5) is 43.9 Å². The zero-order valence-electron chi connectivity index (χ0n) is 17.1. The number of pyridine rings is 1. The van der Waals surface area contributed by atoms with Gasteiger partial charge in [-0.15, -0.1) is 0 Å². The van der Waals surface area contributed by atoms with Gasteiger partial charge in [0.1, 0.15) is 17.4 Å². The lowest BCUT2D eigenvalue weighted by atomic mass is 10.1. The standard InChI is InChI=1S/C22H15F5N4O3/c23-14-4-1-11(22(25,26)27)9-16(14)30-21(33)29-12-2-5-15(24)18(10-12)34-17-7-8-28-20-13(17)3-6-19(32)31-20/h1-2,4-5,7-10H,3,6H2,(H,28,31,32)(H2,29,30,33). The van der Waals surface area contributed by atoms with E-state index in [4.69, 9.17) is 4.74 Å². The van der Waals surface area contributed by atoms with Crippen LogP contribution in [-0.4, -0.2) is 16.9 Å². The van der Waals surface area contributed by atoms with Gasteiger partial charge in [0.2, 0.25) is 5.91 Å². The fraction of sp³-hybridized carbons (Fsp3) is 0.136. The van der Waals surface area contributed by atoms with Gasteiger partial charge in [0, 0.05) is 29.9 Å². The van der Waals surface area contributed by atoms with E-state index in [9.17, 15) is 31.5 Å². The number of carbonyl (C=O) groups is 2. The van der Waals surface area contributed by atoms with Gasteiger partial charge in [-0.25, -0.2) is 18.6 Å². The highest BCUT2D eigenvalue weighted by Gasteiger charge is 2.31. The zero-order valence-corrected chi connectivity index (χ0v) is 17.1. The first kappa shape index (κ1) is 23.0. The van der Waals surface area contributed by atoms with Crippen molar-refractivity contribution in [3.63, 3.8) is 0 Å². The largest absolute Gasteiger partial charge is 0.454 e. The molecule has 12 heteroatoms. The second-order valence-corrected chi connectivity index (χ2v) is 7.20. The Kier molecular flexibility index (Phi) is 6.05. The summed E-state index contributed by atoms with van der Waals surface area (Å²) in [4.78, 5) is 27.8. The number of ether oxygens (including phenoxy) is 1. The molecule has 3 aromatic rings. The van der Waals surface area contributed by atoms with Gasteiger partial charge in [-0.3, -0.25) is 4.79 Å². The average molecular weight is 478 g/mol. The number of hydrogen-bond donors (Lipinski definition) is 3. The van der Waals surface area contributed by atoms with Gasteiger partial charge in [-0.1, -0.05) is 0 Å². The van der Waals surface area contributed by atoms with Crippen molar-refractivity contribution in [1.82, 2.24) is 4.98 Å². The van der Waals surface area contributed by atoms with Crippen molar-refractivity contribution in [2.45, 2.75) is 19.0 Å². The molecule has 0 radical (unpaired) electrons. The number of anilines is 3. The van der Waals surface area contributed by atoms with E-state index < -0.39 is 35.1 Å². The quantitative estimate of drug-likeness (QED) is 0.420. The number of benzene rings is 2. The lowest BCUT2D eigenvalue weighted by Gasteiger charge is -2.19. The molecule has 0 saturated carbocycles. The molecule has 7 nitrogen and oxygen atoms in total. The lowest BCUT2D eigenvalue weighted by molar-refractivity contribution is -0.137. The smallest absolute Gasteiger partial charge is 0.416 e. The first-order chi connectivity index (χ1) is 16.1. The van der Waals surface area contributed by atoms with E-state index >= 15 is 0 Å². The second-order valence-electron chi connectivity index (χ2n) is 7.20. The highest BCUT2D eigenvalue weighted by atomic mass is 19.4. The van der Waals surface area contributed by atoms with E-state index in [-0.39, 0.29) is 29.5 Å². The summed E-state index contributed by atoms with van der Waals surface area (Å²) in [6.07, 6.45) is -2.82. The third-order valence-corrected chi connectivity index (χ3v) is 4.82. The Morgan fingerprint density at radius 3 is 2.50 bits per heavy atom. The molecule has 0 bridgehead atoms. The van der Waals surface area contributed by atoms with Crippen molar-refractivity contribution in [2.24, 2.45) is 0 Å². The molecular weight excluding hydrogens is 463 g/mol. The normalized spacial score (nSPS) is 13.0. The Labute approximate surface area is 188 Å². The van der Waals surface area contributed by atoms with E-state index in [0.717, 1.165) is 12.1 Å². The van der Waals surface area contributed by atoms with Gasteiger partial charge in [-0.2, -0.15) is 13.2 Å². The third-order valence-electron chi connectivity index (χ3n) is 4.82. The van der Waals surface area contributed by atoms with Crippen LogP contribution in [0.25, 0.3) is 0 Å². The van der Waals surface area contributed by atoms with E-state index in [1.165, 1.54) is 18.3 Å². The molecule has 0 fully saturated rings. The molecule has 2 aromatic carbocycles. The van der Waals surface area contributed by atoms with Crippen LogP contribution in [-0.2, 0) is 17.4 Å². The van der Waals surface area contributed by atoms with Crippen LogP contribution in [0.1, 0.15) is 17.5 Å². The lowest BCUT2D eigenvalue weighted by Crippen LogP contribution is -2.21. The molecule has 3 N–H and O–H groups in total. The molecule has 1 aromatic heterocycles. The zero-order chi connectivity index (χ0) is 24.5. The number of nitrogens with zero attached hydrogens (tertiary/aromatic N) is 1. The first-order valence-electron chi connectivity index (χ1n) is 9.80. The van der Waals surface area contributed by atoms with Gasteiger partial charge < -0.3 is 20.7 Å². The number of alkyl halides is 3. The summed E-state index contributed by atoms with van der Waals surface area (Å²) in [6.45, 7) is 0. The molecule has 2 heterocycles. The number of aromatic nitrogens is 1. The number of carbonyl (C=O) groups excluding carboxylic acids is 2. The van der Waals surface area contributed by atoms with Gasteiger partial charge in [0.25, 0.3) is 0 Å². The number of urea groups is 1. The van der Waals surface area contributed by atoms with Crippen LogP contribution >= 0.6 is 0 Å². The summed E-state index contributed by atoms with van der Waals surface area (Å²) >= 11 is 0. The van der Waals surface area contributed by atoms with Crippen molar-refractivity contribution in [3.8, 4) is 11.5 Å². The Morgan fingerprint density at radius 1 is 0.971 bits per heavy atom. The van der Waals surface area contributed by atoms with Crippen LogP contribution < -0.4 is 20.7 Å². The molecule has 0 spiro atoms. The van der Waals surface area contributed by atoms with E-state index in [1.54, 1.807) is 0 Å². The summed E-state index contributed by atoms with van der Waals surface area (Å²) in [5.41, 5.74) is -1.23. The maximum atomic E-state index is 14.3. The summed E-state index contributed by atoms with van der Waals surface area (Å²) < 4.78 is 72.4. The molecule has 34 heavy (non-hydrogen) atoms. The Hall–Kier alpha value is -4.22. The summed E-state index contributed by atoms with van der Waals surface area (Å²) in [5, 5.41) is 6.86. The van der Waals surface area contributed by atoms with Crippen molar-refractivity contribution in [1.29, 1.82) is 0 Å². The minimum Gasteiger partial charge on any atom is -0.454 e. The maximum Gasteiger partial charge on any atom is 0.416 e. The summed E-state index contributed by atoms with van der Waals surface area (Å²) in [6, 6.07) is 5.35. The number of halogens is 5. The van der Waals surface area contributed by atoms with Crippen molar-refractivity contribution in [3.05, 3.63) is 71.4 Å². The Bertz CT molecular complexity index is 1280. The molecule has 1 aliphatic heterocycles. The highest BCUT2D eigenvalue weighted by molar-refractivity contribution is 6.00. The van der Waals surface area contributed by atoms with Crippen LogP contribution in [0, 0.1) is 11.6 Å².